The molecule has 7 nitrogen and oxygen atoms in total. The average Bonchev–Trinajstić information content (AvgIpc) is 3.36. The lowest BCUT2D eigenvalue weighted by Crippen LogP contribution is -2.14. The maximum Gasteiger partial charge on any atom is 0.348 e. The van der Waals surface area contributed by atoms with E-state index < -0.39 is 17.8 Å². The van der Waals surface area contributed by atoms with Crippen LogP contribution in [0.25, 0.3) is 11.3 Å². The van der Waals surface area contributed by atoms with Crippen molar-refractivity contribution < 1.29 is 28.3 Å². The quantitative estimate of drug-likeness (QED) is 0.470. The van der Waals surface area contributed by atoms with Crippen molar-refractivity contribution in [3.05, 3.63) is 63.2 Å². The number of benzene rings is 1. The molecule has 2 aromatic heterocycles. The van der Waals surface area contributed by atoms with Gasteiger partial charge in [-0.05, 0) is 69.5 Å². The maximum absolute atomic E-state index is 12.9. The Morgan fingerprint density at radius 2 is 1.62 bits per heavy atom. The van der Waals surface area contributed by atoms with Crippen molar-refractivity contribution in [2.45, 2.75) is 34.6 Å². The zero-order valence-corrected chi connectivity index (χ0v) is 19.5. The van der Waals surface area contributed by atoms with E-state index in [0.29, 0.717) is 11.3 Å². The van der Waals surface area contributed by atoms with Gasteiger partial charge in [0.15, 0.2) is 5.76 Å². The lowest BCUT2D eigenvalue weighted by atomic mass is 10.1. The molecule has 1 aromatic carbocycles. The van der Waals surface area contributed by atoms with Gasteiger partial charge in [-0.2, -0.15) is 0 Å². The predicted molar refractivity (Wildman–Crippen MR) is 123 cm³/mol. The largest absolute Gasteiger partial charge is 0.462 e. The van der Waals surface area contributed by atoms with Crippen LogP contribution in [0.5, 0.6) is 0 Å². The lowest BCUT2D eigenvalue weighted by molar-refractivity contribution is 0.0527. The summed E-state index contributed by atoms with van der Waals surface area (Å²) in [5.74, 6) is -1.09. The Morgan fingerprint density at radius 3 is 2.28 bits per heavy atom. The second kappa shape index (κ2) is 9.82. The fourth-order valence-corrected chi connectivity index (χ4v) is 4.20. The van der Waals surface area contributed by atoms with Crippen molar-refractivity contribution >= 4 is 34.2 Å². The molecule has 0 bridgehead atoms. The van der Waals surface area contributed by atoms with E-state index in [1.807, 2.05) is 32.0 Å². The minimum atomic E-state index is -0.623. The van der Waals surface area contributed by atoms with Crippen LogP contribution in [-0.4, -0.2) is 31.1 Å². The van der Waals surface area contributed by atoms with Crippen LogP contribution < -0.4 is 5.32 Å². The number of anilines is 1. The van der Waals surface area contributed by atoms with Gasteiger partial charge in [-0.1, -0.05) is 12.1 Å². The monoisotopic (exact) mass is 455 g/mol. The molecule has 0 aliphatic heterocycles. The van der Waals surface area contributed by atoms with Crippen LogP contribution in [0.2, 0.25) is 0 Å². The summed E-state index contributed by atoms with van der Waals surface area (Å²) in [6, 6.07) is 9.19. The molecular formula is C24H25NO6S. The van der Waals surface area contributed by atoms with E-state index in [1.54, 1.807) is 32.9 Å². The van der Waals surface area contributed by atoms with Gasteiger partial charge < -0.3 is 19.2 Å². The summed E-state index contributed by atoms with van der Waals surface area (Å²) in [6.07, 6.45) is 0. The highest BCUT2D eigenvalue weighted by Gasteiger charge is 2.28. The summed E-state index contributed by atoms with van der Waals surface area (Å²) in [5.41, 5.74) is 3.67. The van der Waals surface area contributed by atoms with Gasteiger partial charge in [-0.3, -0.25) is 4.79 Å². The maximum atomic E-state index is 12.9. The van der Waals surface area contributed by atoms with Gasteiger partial charge in [0.2, 0.25) is 0 Å². The van der Waals surface area contributed by atoms with Gasteiger partial charge in [0.25, 0.3) is 5.91 Å². The molecular weight excluding hydrogens is 430 g/mol. The van der Waals surface area contributed by atoms with E-state index in [2.05, 4.69) is 5.32 Å². The number of esters is 2. The standard InChI is InChI=1S/C24H25NO6S/c1-6-29-23(27)19-15(5)20(24(28)30-7-2)32-22(19)25-21(26)18-11-10-17(31-18)16-9-8-13(3)14(4)12-16/h8-12H,6-7H2,1-5H3,(H,25,26). The first-order valence-electron chi connectivity index (χ1n) is 10.2. The Bertz CT molecular complexity index is 1170. The van der Waals surface area contributed by atoms with Gasteiger partial charge in [-0.15, -0.1) is 11.3 Å². The fraction of sp³-hybridized carbons (Fsp3) is 0.292. The molecule has 0 fully saturated rings. The van der Waals surface area contributed by atoms with Crippen molar-refractivity contribution in [3.8, 4) is 11.3 Å². The number of aryl methyl sites for hydroxylation is 2. The molecule has 1 amide bonds. The Hall–Kier alpha value is -3.39. The molecule has 1 N–H and O–H groups in total. The number of furan rings is 1. The Labute approximate surface area is 190 Å². The second-order valence-corrected chi connectivity index (χ2v) is 8.14. The summed E-state index contributed by atoms with van der Waals surface area (Å²) in [6.45, 7) is 9.38. The summed E-state index contributed by atoms with van der Waals surface area (Å²) in [5, 5.41) is 2.89. The molecule has 32 heavy (non-hydrogen) atoms. The Morgan fingerprint density at radius 1 is 0.938 bits per heavy atom. The molecule has 0 unspecified atom stereocenters. The number of thiophene rings is 1. The lowest BCUT2D eigenvalue weighted by Gasteiger charge is -2.06. The number of hydrogen-bond acceptors (Lipinski definition) is 7. The molecule has 0 aliphatic carbocycles. The fourth-order valence-electron chi connectivity index (χ4n) is 3.12. The highest BCUT2D eigenvalue weighted by atomic mass is 32.1. The van der Waals surface area contributed by atoms with Crippen molar-refractivity contribution in [2.75, 3.05) is 18.5 Å². The highest BCUT2D eigenvalue weighted by molar-refractivity contribution is 7.18. The van der Waals surface area contributed by atoms with Crippen LogP contribution in [0.1, 0.15) is 61.1 Å². The van der Waals surface area contributed by atoms with E-state index in [9.17, 15) is 14.4 Å². The third kappa shape index (κ3) is 4.75. The number of amides is 1. The SMILES string of the molecule is CCOC(=O)c1sc(NC(=O)c2ccc(-c3ccc(C)c(C)c3)o2)c(C(=O)OCC)c1C. The molecule has 0 saturated carbocycles. The topological polar surface area (TPSA) is 94.8 Å². The number of hydrogen-bond donors (Lipinski definition) is 1. The minimum Gasteiger partial charge on any atom is -0.462 e. The zero-order valence-electron chi connectivity index (χ0n) is 18.7. The first kappa shape index (κ1) is 23.3. The van der Waals surface area contributed by atoms with Gasteiger partial charge >= 0.3 is 11.9 Å². The van der Waals surface area contributed by atoms with Gasteiger partial charge in [0, 0.05) is 5.56 Å². The van der Waals surface area contributed by atoms with Crippen molar-refractivity contribution in [2.24, 2.45) is 0 Å². The van der Waals surface area contributed by atoms with Crippen molar-refractivity contribution in [1.82, 2.24) is 0 Å². The molecule has 0 aliphatic rings. The molecule has 8 heteroatoms. The molecule has 0 atom stereocenters. The number of nitrogens with one attached hydrogen (secondary N) is 1. The Balaban J connectivity index is 1.90. The molecule has 3 rings (SSSR count). The van der Waals surface area contributed by atoms with Crippen LogP contribution in [0.3, 0.4) is 0 Å². The van der Waals surface area contributed by atoms with Crippen LogP contribution in [0.4, 0.5) is 5.00 Å². The number of carbonyl (C=O) groups is 3. The third-order valence-corrected chi connectivity index (χ3v) is 6.12. The van der Waals surface area contributed by atoms with Gasteiger partial charge in [0.1, 0.15) is 15.6 Å². The summed E-state index contributed by atoms with van der Waals surface area (Å²) in [4.78, 5) is 37.9. The Kier molecular flexibility index (Phi) is 7.15. The molecule has 168 valence electrons. The van der Waals surface area contributed by atoms with E-state index in [1.165, 1.54) is 0 Å². The van der Waals surface area contributed by atoms with E-state index in [4.69, 9.17) is 13.9 Å². The number of carbonyl (C=O) groups excluding carboxylic acids is 3. The van der Waals surface area contributed by atoms with Crippen LogP contribution >= 0.6 is 11.3 Å². The van der Waals surface area contributed by atoms with Crippen LogP contribution in [0, 0.1) is 20.8 Å². The zero-order chi connectivity index (χ0) is 23.4. The minimum absolute atomic E-state index is 0.0803. The predicted octanol–water partition coefficient (Wildman–Crippen LogP) is 5.54. The third-order valence-electron chi connectivity index (χ3n) is 4.94. The smallest absolute Gasteiger partial charge is 0.348 e. The molecule has 0 radical (unpaired) electrons. The van der Waals surface area contributed by atoms with Gasteiger partial charge in [-0.25, -0.2) is 9.59 Å². The summed E-state index contributed by atoms with van der Waals surface area (Å²) in [7, 11) is 0. The first-order chi connectivity index (χ1) is 15.3. The van der Waals surface area contributed by atoms with E-state index >= 15 is 0 Å². The number of ether oxygens (including phenoxy) is 2. The average molecular weight is 456 g/mol. The van der Waals surface area contributed by atoms with Crippen molar-refractivity contribution in [3.63, 3.8) is 0 Å². The molecule has 0 spiro atoms. The normalized spacial score (nSPS) is 10.7. The van der Waals surface area contributed by atoms with Crippen LogP contribution in [0.15, 0.2) is 34.7 Å². The van der Waals surface area contributed by atoms with Gasteiger partial charge in [0.05, 0.1) is 18.8 Å². The molecule has 0 saturated heterocycles. The summed E-state index contributed by atoms with van der Waals surface area (Å²) < 4.78 is 15.9. The number of rotatable bonds is 7. The van der Waals surface area contributed by atoms with Crippen molar-refractivity contribution in [1.29, 1.82) is 0 Å². The highest BCUT2D eigenvalue weighted by Crippen LogP contribution is 2.35. The first-order valence-corrected chi connectivity index (χ1v) is 11.0. The molecule has 3 aromatic rings. The van der Waals surface area contributed by atoms with Crippen LogP contribution in [-0.2, 0) is 9.47 Å². The second-order valence-electron chi connectivity index (χ2n) is 7.12. The van der Waals surface area contributed by atoms with E-state index in [-0.39, 0.29) is 34.4 Å². The summed E-state index contributed by atoms with van der Waals surface area (Å²) >= 11 is 0.969. The molecule has 2 heterocycles. The van der Waals surface area contributed by atoms with E-state index in [0.717, 1.165) is 28.0 Å².